The van der Waals surface area contributed by atoms with Crippen molar-refractivity contribution in [2.75, 3.05) is 6.16 Å². The Kier molecular flexibility index (Phi) is 5.90. The predicted octanol–water partition coefficient (Wildman–Crippen LogP) is 4.06. The van der Waals surface area contributed by atoms with E-state index in [1.807, 2.05) is 0 Å². The van der Waals surface area contributed by atoms with Gasteiger partial charge in [-0.2, -0.15) is 9.90 Å². The summed E-state index contributed by atoms with van der Waals surface area (Å²) in [7, 11) is -1.53. The first kappa shape index (κ1) is 16.9. The van der Waals surface area contributed by atoms with Gasteiger partial charge in [0.15, 0.2) is 0 Å². The quantitative estimate of drug-likeness (QED) is 0.635. The summed E-state index contributed by atoms with van der Waals surface area (Å²) >= 11 is 0. The molecule has 0 heterocycles. The minimum absolute atomic E-state index is 0. The van der Waals surface area contributed by atoms with Gasteiger partial charge >= 0.3 is 0 Å². The van der Waals surface area contributed by atoms with E-state index in [-0.39, 0.29) is 9.90 Å². The van der Waals surface area contributed by atoms with Crippen LogP contribution in [0.4, 0.5) is 0 Å². The molecule has 0 aliphatic carbocycles. The Labute approximate surface area is 137 Å². The molecule has 1 atom stereocenters. The van der Waals surface area contributed by atoms with E-state index < -0.39 is 7.26 Å². The van der Waals surface area contributed by atoms with E-state index in [0.717, 1.165) is 6.16 Å². The van der Waals surface area contributed by atoms with Crippen molar-refractivity contribution in [1.29, 1.82) is 0 Å². The highest BCUT2D eigenvalue weighted by molar-refractivity contribution is 7.95. The van der Waals surface area contributed by atoms with Crippen LogP contribution in [-0.4, -0.2) is 6.16 Å². The van der Waals surface area contributed by atoms with Crippen molar-refractivity contribution in [2.45, 2.75) is 6.92 Å². The summed E-state index contributed by atoms with van der Waals surface area (Å²) in [6.45, 7) is 2.32. The topological polar surface area (TPSA) is 0 Å². The summed E-state index contributed by atoms with van der Waals surface area (Å²) in [4.78, 5) is 0. The van der Waals surface area contributed by atoms with Gasteiger partial charge < -0.3 is 0 Å². The Bertz CT molecular complexity index is 582. The summed E-state index contributed by atoms with van der Waals surface area (Å²) in [5.41, 5.74) is 0. The molecular formula is C20H23P2. The third-order valence-electron chi connectivity index (χ3n) is 4.07. The zero-order valence-electron chi connectivity index (χ0n) is 13.0. The monoisotopic (exact) mass is 325 g/mol. The predicted molar refractivity (Wildman–Crippen MR) is 107 cm³/mol. The molecule has 3 aromatic rings. The molecular weight excluding hydrogens is 302 g/mol. The highest BCUT2D eigenvalue weighted by atomic mass is 31.2. The van der Waals surface area contributed by atoms with Gasteiger partial charge in [0, 0.05) is 0 Å². The van der Waals surface area contributed by atoms with Gasteiger partial charge in [-0.3, -0.25) is 0 Å². The van der Waals surface area contributed by atoms with Crippen molar-refractivity contribution in [2.24, 2.45) is 0 Å². The summed E-state index contributed by atoms with van der Waals surface area (Å²) in [6.07, 6.45) is 1.14. The maximum atomic E-state index is 2.32. The number of hydrogen-bond acceptors (Lipinski definition) is 0. The van der Waals surface area contributed by atoms with Crippen LogP contribution in [0.1, 0.15) is 6.92 Å². The first-order valence-corrected chi connectivity index (χ1v) is 9.40. The Hall–Kier alpha value is -1.48. The highest BCUT2D eigenvalue weighted by Crippen LogP contribution is 2.54. The van der Waals surface area contributed by atoms with Crippen LogP contribution in [0.25, 0.3) is 0 Å². The highest BCUT2D eigenvalue weighted by Gasteiger charge is 2.31. The maximum absolute atomic E-state index is 2.32. The average Bonchev–Trinajstić information content (AvgIpc) is 2.59. The van der Waals surface area contributed by atoms with Gasteiger partial charge in [-0.1, -0.05) is 97.9 Å². The fourth-order valence-electron chi connectivity index (χ4n) is 3.04. The lowest BCUT2D eigenvalue weighted by Gasteiger charge is -2.37. The van der Waals surface area contributed by atoms with Gasteiger partial charge in [0.25, 0.3) is 0 Å². The van der Waals surface area contributed by atoms with Gasteiger partial charge in [0.1, 0.15) is 0 Å². The molecule has 0 aliphatic heterocycles. The second-order valence-corrected chi connectivity index (χ2v) is 8.93. The lowest BCUT2D eigenvalue weighted by molar-refractivity contribution is 1.48. The summed E-state index contributed by atoms with van der Waals surface area (Å²) in [5, 5.41) is 4.39. The Morgan fingerprint density at radius 1 is 0.545 bits per heavy atom. The van der Waals surface area contributed by atoms with E-state index >= 15 is 0 Å². The molecule has 113 valence electrons. The molecule has 0 bridgehead atoms. The van der Waals surface area contributed by atoms with E-state index in [2.05, 4.69) is 97.9 Å². The van der Waals surface area contributed by atoms with E-state index in [1.54, 1.807) is 0 Å². The molecule has 0 aliphatic rings. The molecule has 0 fully saturated rings. The van der Waals surface area contributed by atoms with Crippen molar-refractivity contribution in [3.8, 4) is 0 Å². The Balaban J connectivity index is 0.00000176. The smallest absolute Gasteiger partial charge is 0.0197 e. The molecule has 1 unspecified atom stereocenters. The van der Waals surface area contributed by atoms with E-state index in [1.165, 1.54) is 15.9 Å². The van der Waals surface area contributed by atoms with Crippen molar-refractivity contribution in [3.05, 3.63) is 91.0 Å². The number of rotatable bonds is 4. The Morgan fingerprint density at radius 3 is 1.05 bits per heavy atom. The van der Waals surface area contributed by atoms with Crippen LogP contribution < -0.4 is 15.9 Å². The second-order valence-electron chi connectivity index (χ2n) is 5.13. The van der Waals surface area contributed by atoms with Crippen LogP contribution in [0.5, 0.6) is 0 Å². The molecule has 0 spiro atoms. The number of hydrogen-bond donors (Lipinski definition) is 0. The molecule has 3 rings (SSSR count). The first-order valence-electron chi connectivity index (χ1n) is 7.43. The number of benzene rings is 3. The molecule has 3 aromatic carbocycles. The molecule has 1 radical (unpaired) electrons. The molecule has 0 saturated carbocycles. The van der Waals surface area contributed by atoms with Crippen LogP contribution in [0, 0.1) is 0 Å². The fraction of sp³-hybridized carbons (Fsp3) is 0.100. The SMILES string of the molecule is CC[P](c1ccccc1)(c1ccccc1)c1ccccc1.P. The van der Waals surface area contributed by atoms with Crippen LogP contribution in [0.3, 0.4) is 0 Å². The average molecular weight is 325 g/mol. The van der Waals surface area contributed by atoms with Crippen molar-refractivity contribution >= 4 is 33.1 Å². The summed E-state index contributed by atoms with van der Waals surface area (Å²) in [6, 6.07) is 33.0. The van der Waals surface area contributed by atoms with Crippen molar-refractivity contribution in [1.82, 2.24) is 0 Å². The van der Waals surface area contributed by atoms with Crippen LogP contribution in [0.2, 0.25) is 0 Å². The minimum atomic E-state index is -1.53. The first-order chi connectivity index (χ1) is 10.4. The van der Waals surface area contributed by atoms with E-state index in [9.17, 15) is 0 Å². The van der Waals surface area contributed by atoms with Gasteiger partial charge in [-0.25, -0.2) is 0 Å². The normalized spacial score (nSPS) is 10.8. The second kappa shape index (κ2) is 7.68. The lowest BCUT2D eigenvalue weighted by atomic mass is 10.4. The standard InChI is InChI=1S/C20H20P.H3P/c1-2-21(18-12-6-3-7-13-18,19-14-8-4-9-15-19)20-16-10-5-11-17-20;/h3-17H,2H2,1H3;1H3. The van der Waals surface area contributed by atoms with Crippen LogP contribution in [-0.2, 0) is 0 Å². The molecule has 0 aromatic heterocycles. The van der Waals surface area contributed by atoms with Gasteiger partial charge in [-0.05, 0) is 29.3 Å². The molecule has 22 heavy (non-hydrogen) atoms. The van der Waals surface area contributed by atoms with E-state index in [0.29, 0.717) is 0 Å². The fourth-order valence-corrected chi connectivity index (χ4v) is 7.08. The molecule has 0 saturated heterocycles. The molecule has 0 amide bonds. The maximum Gasteiger partial charge on any atom is -0.0197 e. The zero-order valence-corrected chi connectivity index (χ0v) is 15.3. The van der Waals surface area contributed by atoms with Gasteiger partial charge in [-0.15, -0.1) is 0 Å². The van der Waals surface area contributed by atoms with E-state index in [4.69, 9.17) is 0 Å². The third kappa shape index (κ3) is 3.00. The largest absolute Gasteiger partial charge is 0.153 e. The third-order valence-corrected chi connectivity index (χ3v) is 8.55. The lowest BCUT2D eigenvalue weighted by Crippen LogP contribution is -2.32. The minimum Gasteiger partial charge on any atom is -0.153 e. The van der Waals surface area contributed by atoms with Crippen molar-refractivity contribution < 1.29 is 0 Å². The van der Waals surface area contributed by atoms with Gasteiger partial charge in [0.05, 0.1) is 0 Å². The van der Waals surface area contributed by atoms with Crippen LogP contribution >= 0.6 is 17.2 Å². The molecule has 0 N–H and O–H groups in total. The van der Waals surface area contributed by atoms with Crippen molar-refractivity contribution in [3.63, 3.8) is 0 Å². The van der Waals surface area contributed by atoms with Crippen LogP contribution in [0.15, 0.2) is 91.0 Å². The summed E-state index contributed by atoms with van der Waals surface area (Å²) < 4.78 is 0. The molecule has 2 heteroatoms. The zero-order chi connectivity index (χ0) is 14.5. The van der Waals surface area contributed by atoms with Gasteiger partial charge in [0.2, 0.25) is 0 Å². The Morgan fingerprint density at radius 2 is 0.818 bits per heavy atom. The molecule has 0 nitrogen and oxygen atoms in total. The summed E-state index contributed by atoms with van der Waals surface area (Å²) in [5.74, 6) is 0.